The van der Waals surface area contributed by atoms with Crippen LogP contribution in [0.25, 0.3) is 10.2 Å². The molecule has 1 unspecified atom stereocenters. The number of likely N-dealkylation sites (tertiary alicyclic amines) is 1. The van der Waals surface area contributed by atoms with Crippen molar-refractivity contribution < 1.29 is 9.69 Å². The minimum Gasteiger partial charge on any atom is -0.333 e. The highest BCUT2D eigenvalue weighted by molar-refractivity contribution is 7.18. The van der Waals surface area contributed by atoms with Gasteiger partial charge in [-0.15, -0.1) is 11.3 Å². The fourth-order valence-corrected chi connectivity index (χ4v) is 5.13. The van der Waals surface area contributed by atoms with E-state index in [0.717, 1.165) is 44.3 Å². The number of amides is 1. The molecule has 6 heteroatoms. The monoisotopic (exact) mass is 369 g/mol. The smallest absolute Gasteiger partial charge is 0.276 e. The summed E-state index contributed by atoms with van der Waals surface area (Å²) in [4.78, 5) is 18.6. The van der Waals surface area contributed by atoms with E-state index in [1.54, 1.807) is 11.3 Å². The number of aromatic nitrogens is 1. The first kappa shape index (κ1) is 17.4. The van der Waals surface area contributed by atoms with Crippen LogP contribution in [0, 0.1) is 17.2 Å². The fraction of sp³-hybridized carbons (Fsp3) is 0.550. The van der Waals surface area contributed by atoms with Gasteiger partial charge in [-0.1, -0.05) is 12.1 Å². The minimum absolute atomic E-state index is 0.000833. The van der Waals surface area contributed by atoms with E-state index in [9.17, 15) is 10.1 Å². The molecule has 136 valence electrons. The summed E-state index contributed by atoms with van der Waals surface area (Å²) in [7, 11) is 0. The van der Waals surface area contributed by atoms with Crippen molar-refractivity contribution in [3.63, 3.8) is 0 Å². The van der Waals surface area contributed by atoms with Crippen LogP contribution in [0.3, 0.4) is 0 Å². The fourth-order valence-electron chi connectivity index (χ4n) is 4.03. The minimum atomic E-state index is -0.696. The molecule has 1 amide bonds. The Balaban J connectivity index is 1.39. The maximum atomic E-state index is 12.5. The molecule has 2 aliphatic rings. The second-order valence-electron chi connectivity index (χ2n) is 7.88. The second kappa shape index (κ2) is 6.98. The SMILES string of the molecule is C[C@](C#N)(NC(=O)C[NH+]1CCC[C@H](c2nc3ccccc3s2)C1)C1CC1. The zero-order chi connectivity index (χ0) is 18.1. The van der Waals surface area contributed by atoms with Crippen LogP contribution in [0.5, 0.6) is 0 Å². The largest absolute Gasteiger partial charge is 0.333 e. The van der Waals surface area contributed by atoms with Gasteiger partial charge in [0.15, 0.2) is 6.54 Å². The number of thiazole rings is 1. The Labute approximate surface area is 158 Å². The van der Waals surface area contributed by atoms with Gasteiger partial charge in [0.05, 0.1) is 35.3 Å². The number of piperidine rings is 1. The van der Waals surface area contributed by atoms with Crippen molar-refractivity contribution in [2.45, 2.75) is 44.1 Å². The topological polar surface area (TPSA) is 70.2 Å². The number of nitrogens with one attached hydrogen (secondary N) is 2. The summed E-state index contributed by atoms with van der Waals surface area (Å²) in [6.45, 7) is 4.27. The molecule has 1 aliphatic heterocycles. The van der Waals surface area contributed by atoms with Crippen molar-refractivity contribution >= 4 is 27.5 Å². The van der Waals surface area contributed by atoms with Gasteiger partial charge in [0, 0.05) is 0 Å². The highest BCUT2D eigenvalue weighted by Crippen LogP contribution is 2.39. The molecule has 5 nitrogen and oxygen atoms in total. The third kappa shape index (κ3) is 3.60. The lowest BCUT2D eigenvalue weighted by atomic mass is 9.97. The second-order valence-corrected chi connectivity index (χ2v) is 8.94. The van der Waals surface area contributed by atoms with E-state index in [-0.39, 0.29) is 5.91 Å². The maximum absolute atomic E-state index is 12.5. The van der Waals surface area contributed by atoms with Gasteiger partial charge in [0.25, 0.3) is 5.91 Å². The Hall–Kier alpha value is -1.97. The number of rotatable bonds is 5. The van der Waals surface area contributed by atoms with Crippen molar-refractivity contribution in [2.24, 2.45) is 5.92 Å². The molecule has 4 rings (SSSR count). The van der Waals surface area contributed by atoms with Crippen LogP contribution in [0.1, 0.15) is 43.5 Å². The number of carbonyl (C=O) groups is 1. The molecule has 0 bridgehead atoms. The maximum Gasteiger partial charge on any atom is 0.276 e. The summed E-state index contributed by atoms with van der Waals surface area (Å²) in [5.74, 6) is 0.749. The van der Waals surface area contributed by atoms with Crippen molar-refractivity contribution in [1.82, 2.24) is 10.3 Å². The van der Waals surface area contributed by atoms with Crippen LogP contribution in [0.2, 0.25) is 0 Å². The number of nitrogens with zero attached hydrogens (tertiary/aromatic N) is 2. The quantitative estimate of drug-likeness (QED) is 0.845. The normalized spacial score (nSPS) is 25.4. The molecule has 0 spiro atoms. The molecule has 2 heterocycles. The molecular weight excluding hydrogens is 344 g/mol. The van der Waals surface area contributed by atoms with E-state index < -0.39 is 5.54 Å². The number of hydrogen-bond acceptors (Lipinski definition) is 4. The van der Waals surface area contributed by atoms with Gasteiger partial charge in [0.1, 0.15) is 10.5 Å². The van der Waals surface area contributed by atoms with Gasteiger partial charge in [-0.25, -0.2) is 4.98 Å². The zero-order valence-electron chi connectivity index (χ0n) is 15.1. The highest BCUT2D eigenvalue weighted by Gasteiger charge is 2.43. The average Bonchev–Trinajstić information content (AvgIpc) is 3.41. The number of carbonyl (C=O) groups excluding carboxylic acids is 1. The molecular formula is C20H25N4OS+. The number of hydrogen-bond donors (Lipinski definition) is 2. The molecule has 2 fully saturated rings. The third-order valence-corrected chi connectivity index (χ3v) is 6.91. The third-order valence-electron chi connectivity index (χ3n) is 5.71. The van der Waals surface area contributed by atoms with Gasteiger partial charge in [-0.05, 0) is 50.7 Å². The van der Waals surface area contributed by atoms with Gasteiger partial charge < -0.3 is 10.2 Å². The Kier molecular flexibility index (Phi) is 4.68. The summed E-state index contributed by atoms with van der Waals surface area (Å²) in [6, 6.07) is 10.6. The molecule has 1 saturated heterocycles. The zero-order valence-corrected chi connectivity index (χ0v) is 15.9. The molecule has 0 radical (unpaired) electrons. The predicted octanol–water partition coefficient (Wildman–Crippen LogP) is 1.87. The molecule has 1 aliphatic carbocycles. The first-order valence-electron chi connectivity index (χ1n) is 9.49. The number of benzene rings is 1. The van der Waals surface area contributed by atoms with Crippen molar-refractivity contribution in [3.8, 4) is 6.07 Å². The standard InChI is InChI=1S/C20H24N4OS/c1-20(13-21,15-8-9-15)23-18(25)12-24-10-4-5-14(11-24)19-22-16-6-2-3-7-17(16)26-19/h2-3,6-7,14-15H,4-5,8-12H2,1H3,(H,23,25)/p+1/t14-,20+/m0/s1. The average molecular weight is 370 g/mol. The van der Waals surface area contributed by atoms with Gasteiger partial charge >= 0.3 is 0 Å². The van der Waals surface area contributed by atoms with E-state index in [0.29, 0.717) is 18.4 Å². The van der Waals surface area contributed by atoms with Gasteiger partial charge in [-0.3, -0.25) is 4.79 Å². The number of fused-ring (bicyclic) bond motifs is 1. The van der Waals surface area contributed by atoms with Crippen molar-refractivity contribution in [2.75, 3.05) is 19.6 Å². The molecule has 2 N–H and O–H groups in total. The van der Waals surface area contributed by atoms with Gasteiger partial charge in [0.2, 0.25) is 0 Å². The molecule has 1 aromatic carbocycles. The molecule has 1 saturated carbocycles. The van der Waals surface area contributed by atoms with E-state index in [1.165, 1.54) is 14.6 Å². The number of para-hydroxylation sites is 1. The van der Waals surface area contributed by atoms with E-state index >= 15 is 0 Å². The Bertz CT molecular complexity index is 820. The highest BCUT2D eigenvalue weighted by atomic mass is 32.1. The first-order valence-corrected chi connectivity index (χ1v) is 10.3. The van der Waals surface area contributed by atoms with Crippen LogP contribution >= 0.6 is 11.3 Å². The lowest BCUT2D eigenvalue weighted by Gasteiger charge is -2.30. The molecule has 2 aromatic rings. The summed E-state index contributed by atoms with van der Waals surface area (Å²) in [5.41, 5.74) is 0.380. The van der Waals surface area contributed by atoms with Crippen molar-refractivity contribution in [1.29, 1.82) is 5.26 Å². The lowest BCUT2D eigenvalue weighted by molar-refractivity contribution is -0.898. The molecule has 3 atom stereocenters. The summed E-state index contributed by atoms with van der Waals surface area (Å²) in [5, 5.41) is 13.6. The van der Waals surface area contributed by atoms with E-state index in [2.05, 4.69) is 29.6 Å². The van der Waals surface area contributed by atoms with E-state index in [1.807, 2.05) is 13.0 Å². The van der Waals surface area contributed by atoms with Crippen LogP contribution in [0.4, 0.5) is 0 Å². The Morgan fingerprint density at radius 1 is 1.42 bits per heavy atom. The summed E-state index contributed by atoms with van der Waals surface area (Å²) in [6.07, 6.45) is 4.34. The Morgan fingerprint density at radius 3 is 2.96 bits per heavy atom. The van der Waals surface area contributed by atoms with Crippen LogP contribution in [-0.2, 0) is 4.79 Å². The predicted molar refractivity (Wildman–Crippen MR) is 102 cm³/mol. The molecule has 1 aromatic heterocycles. The Morgan fingerprint density at radius 2 is 2.23 bits per heavy atom. The number of quaternary nitrogens is 1. The van der Waals surface area contributed by atoms with Crippen molar-refractivity contribution in [3.05, 3.63) is 29.3 Å². The first-order chi connectivity index (χ1) is 12.6. The lowest BCUT2D eigenvalue weighted by Crippen LogP contribution is -3.14. The van der Waals surface area contributed by atoms with Crippen LogP contribution in [0.15, 0.2) is 24.3 Å². The summed E-state index contributed by atoms with van der Waals surface area (Å²) >= 11 is 1.78. The van der Waals surface area contributed by atoms with Crippen LogP contribution < -0.4 is 10.2 Å². The van der Waals surface area contributed by atoms with Crippen LogP contribution in [-0.4, -0.2) is 36.1 Å². The number of nitriles is 1. The summed E-state index contributed by atoms with van der Waals surface area (Å²) < 4.78 is 1.24. The van der Waals surface area contributed by atoms with Gasteiger partial charge in [-0.2, -0.15) is 5.26 Å². The van der Waals surface area contributed by atoms with E-state index in [4.69, 9.17) is 4.98 Å². The molecule has 26 heavy (non-hydrogen) atoms.